The summed E-state index contributed by atoms with van der Waals surface area (Å²) in [5, 5.41) is 3.00. The van der Waals surface area contributed by atoms with E-state index in [1.807, 2.05) is 47.5 Å². The van der Waals surface area contributed by atoms with Gasteiger partial charge in [-0.3, -0.25) is 0 Å². The predicted octanol–water partition coefficient (Wildman–Crippen LogP) is 2.60. The fourth-order valence-electron chi connectivity index (χ4n) is 3.23. The van der Waals surface area contributed by atoms with Crippen molar-refractivity contribution in [1.29, 1.82) is 0 Å². The van der Waals surface area contributed by atoms with Crippen LogP contribution >= 0.6 is 0 Å². The van der Waals surface area contributed by atoms with E-state index >= 15 is 0 Å². The van der Waals surface area contributed by atoms with Crippen LogP contribution in [0.5, 0.6) is 0 Å². The molecule has 6 heteroatoms. The molecule has 0 aliphatic carbocycles. The standard InChI is InChI=1S/C18H26N4O2/c1-3-24-13-15-7-5-9-21(11-15)18(23)19-10-16-12-22-14(2)6-4-8-17(22)20-16/h4,6,8,12,15H,3,5,7,9-11,13H2,1-2H3,(H,19,23)/t15-/m1/s1. The first-order valence-electron chi connectivity index (χ1n) is 8.71. The molecule has 6 nitrogen and oxygen atoms in total. The first-order valence-corrected chi connectivity index (χ1v) is 8.71. The Bertz CT molecular complexity index is 697. The molecule has 1 fully saturated rings. The molecule has 3 heterocycles. The van der Waals surface area contributed by atoms with Gasteiger partial charge in [0.05, 0.1) is 18.8 Å². The van der Waals surface area contributed by atoms with E-state index in [0.29, 0.717) is 12.5 Å². The van der Waals surface area contributed by atoms with Crippen molar-refractivity contribution in [2.75, 3.05) is 26.3 Å². The molecule has 1 N–H and O–H groups in total. The number of carbonyl (C=O) groups is 1. The number of piperidine rings is 1. The summed E-state index contributed by atoms with van der Waals surface area (Å²) in [5.41, 5.74) is 2.92. The van der Waals surface area contributed by atoms with Gasteiger partial charge in [-0.05, 0) is 38.8 Å². The van der Waals surface area contributed by atoms with Gasteiger partial charge in [-0.1, -0.05) is 6.07 Å². The largest absolute Gasteiger partial charge is 0.381 e. The van der Waals surface area contributed by atoms with Crippen molar-refractivity contribution >= 4 is 11.7 Å². The molecule has 1 saturated heterocycles. The van der Waals surface area contributed by atoms with E-state index in [1.165, 1.54) is 0 Å². The van der Waals surface area contributed by atoms with Gasteiger partial charge in [0.1, 0.15) is 5.65 Å². The van der Waals surface area contributed by atoms with Crippen LogP contribution in [-0.4, -0.2) is 46.6 Å². The minimum atomic E-state index is -0.00928. The van der Waals surface area contributed by atoms with Crippen molar-refractivity contribution < 1.29 is 9.53 Å². The summed E-state index contributed by atoms with van der Waals surface area (Å²) in [6, 6.07) is 6.00. The number of hydrogen-bond donors (Lipinski definition) is 1. The number of amides is 2. The van der Waals surface area contributed by atoms with Crippen molar-refractivity contribution in [2.24, 2.45) is 5.92 Å². The van der Waals surface area contributed by atoms with Crippen LogP contribution in [0, 0.1) is 12.8 Å². The Kier molecular flexibility index (Phi) is 5.35. The van der Waals surface area contributed by atoms with Gasteiger partial charge < -0.3 is 19.4 Å². The van der Waals surface area contributed by atoms with Gasteiger partial charge in [0.15, 0.2) is 0 Å². The maximum atomic E-state index is 12.4. The third kappa shape index (κ3) is 3.87. The van der Waals surface area contributed by atoms with Gasteiger partial charge in [0, 0.05) is 37.5 Å². The second kappa shape index (κ2) is 7.66. The van der Waals surface area contributed by atoms with E-state index in [-0.39, 0.29) is 6.03 Å². The number of hydrogen-bond acceptors (Lipinski definition) is 3. The monoisotopic (exact) mass is 330 g/mol. The minimum absolute atomic E-state index is 0.00928. The number of urea groups is 1. The zero-order valence-electron chi connectivity index (χ0n) is 14.5. The van der Waals surface area contributed by atoms with Crippen LogP contribution in [0.1, 0.15) is 31.2 Å². The number of nitrogens with zero attached hydrogens (tertiary/aromatic N) is 3. The number of nitrogens with one attached hydrogen (secondary N) is 1. The van der Waals surface area contributed by atoms with Crippen molar-refractivity contribution in [1.82, 2.24) is 19.6 Å². The van der Waals surface area contributed by atoms with Crippen molar-refractivity contribution in [2.45, 2.75) is 33.2 Å². The van der Waals surface area contributed by atoms with Crippen LogP contribution in [0.2, 0.25) is 0 Å². The highest BCUT2D eigenvalue weighted by Crippen LogP contribution is 2.17. The lowest BCUT2D eigenvalue weighted by molar-refractivity contribution is 0.0755. The van der Waals surface area contributed by atoms with Crippen LogP contribution in [-0.2, 0) is 11.3 Å². The molecular formula is C18H26N4O2. The maximum absolute atomic E-state index is 12.4. The van der Waals surface area contributed by atoms with Crippen LogP contribution in [0.15, 0.2) is 24.4 Å². The highest BCUT2D eigenvalue weighted by atomic mass is 16.5. The molecule has 0 aromatic carbocycles. The summed E-state index contributed by atoms with van der Waals surface area (Å²) in [4.78, 5) is 18.9. The van der Waals surface area contributed by atoms with Gasteiger partial charge in [-0.15, -0.1) is 0 Å². The number of likely N-dealkylation sites (tertiary alicyclic amines) is 1. The Labute approximate surface area is 142 Å². The average Bonchev–Trinajstić information content (AvgIpc) is 3.03. The molecule has 2 amide bonds. The van der Waals surface area contributed by atoms with Gasteiger partial charge in [-0.25, -0.2) is 9.78 Å². The smallest absolute Gasteiger partial charge is 0.317 e. The maximum Gasteiger partial charge on any atom is 0.317 e. The normalized spacial score (nSPS) is 18.1. The average molecular weight is 330 g/mol. The molecule has 0 saturated carbocycles. The van der Waals surface area contributed by atoms with Crippen molar-refractivity contribution in [3.8, 4) is 0 Å². The highest BCUT2D eigenvalue weighted by Gasteiger charge is 2.23. The van der Waals surface area contributed by atoms with E-state index in [4.69, 9.17) is 4.74 Å². The van der Waals surface area contributed by atoms with Crippen LogP contribution in [0.25, 0.3) is 5.65 Å². The molecule has 2 aromatic rings. The molecule has 1 aliphatic rings. The van der Waals surface area contributed by atoms with Gasteiger partial charge in [-0.2, -0.15) is 0 Å². The molecule has 0 bridgehead atoms. The molecule has 0 radical (unpaired) electrons. The summed E-state index contributed by atoms with van der Waals surface area (Å²) >= 11 is 0. The highest BCUT2D eigenvalue weighted by molar-refractivity contribution is 5.74. The van der Waals surface area contributed by atoms with Crippen LogP contribution < -0.4 is 5.32 Å². The first kappa shape index (κ1) is 16.8. The predicted molar refractivity (Wildman–Crippen MR) is 93.0 cm³/mol. The minimum Gasteiger partial charge on any atom is -0.381 e. The Balaban J connectivity index is 1.55. The van der Waals surface area contributed by atoms with E-state index in [0.717, 1.165) is 56.2 Å². The lowest BCUT2D eigenvalue weighted by Crippen LogP contribution is -2.46. The third-order valence-electron chi connectivity index (χ3n) is 4.53. The Morgan fingerprint density at radius 1 is 1.46 bits per heavy atom. The molecule has 1 aliphatic heterocycles. The zero-order chi connectivity index (χ0) is 16.9. The fourth-order valence-corrected chi connectivity index (χ4v) is 3.23. The van der Waals surface area contributed by atoms with E-state index < -0.39 is 0 Å². The topological polar surface area (TPSA) is 58.9 Å². The molecule has 2 aromatic heterocycles. The zero-order valence-corrected chi connectivity index (χ0v) is 14.5. The fraction of sp³-hybridized carbons (Fsp3) is 0.556. The van der Waals surface area contributed by atoms with Crippen LogP contribution in [0.4, 0.5) is 4.79 Å². The second-order valence-electron chi connectivity index (χ2n) is 6.40. The second-order valence-corrected chi connectivity index (χ2v) is 6.40. The molecule has 0 unspecified atom stereocenters. The van der Waals surface area contributed by atoms with Gasteiger partial charge in [0.2, 0.25) is 0 Å². The summed E-state index contributed by atoms with van der Waals surface area (Å²) in [7, 11) is 0. The molecule has 3 rings (SSSR count). The van der Waals surface area contributed by atoms with E-state index in [9.17, 15) is 4.79 Å². The molecule has 130 valence electrons. The molecular weight excluding hydrogens is 304 g/mol. The van der Waals surface area contributed by atoms with E-state index in [1.54, 1.807) is 0 Å². The third-order valence-corrected chi connectivity index (χ3v) is 4.53. The van der Waals surface area contributed by atoms with Crippen LogP contribution in [0.3, 0.4) is 0 Å². The first-order chi connectivity index (χ1) is 11.7. The summed E-state index contributed by atoms with van der Waals surface area (Å²) in [5.74, 6) is 0.447. The Morgan fingerprint density at radius 3 is 3.12 bits per heavy atom. The lowest BCUT2D eigenvalue weighted by atomic mass is 9.99. The van der Waals surface area contributed by atoms with Gasteiger partial charge >= 0.3 is 6.03 Å². The number of ether oxygens (including phenoxy) is 1. The van der Waals surface area contributed by atoms with Crippen molar-refractivity contribution in [3.63, 3.8) is 0 Å². The molecule has 1 atom stereocenters. The Morgan fingerprint density at radius 2 is 2.33 bits per heavy atom. The lowest BCUT2D eigenvalue weighted by Gasteiger charge is -2.32. The Hall–Kier alpha value is -2.08. The molecule has 0 spiro atoms. The number of imidazole rings is 1. The van der Waals surface area contributed by atoms with Crippen molar-refractivity contribution in [3.05, 3.63) is 35.8 Å². The number of pyridine rings is 1. The van der Waals surface area contributed by atoms with Gasteiger partial charge in [0.25, 0.3) is 0 Å². The number of carbonyl (C=O) groups excluding carboxylic acids is 1. The molecule has 24 heavy (non-hydrogen) atoms. The number of rotatable bonds is 5. The summed E-state index contributed by atoms with van der Waals surface area (Å²) in [6.45, 7) is 7.57. The number of fused-ring (bicyclic) bond motifs is 1. The summed E-state index contributed by atoms with van der Waals surface area (Å²) < 4.78 is 7.55. The summed E-state index contributed by atoms with van der Waals surface area (Å²) in [6.07, 6.45) is 4.16. The number of aryl methyl sites for hydroxylation is 1. The van der Waals surface area contributed by atoms with E-state index in [2.05, 4.69) is 10.3 Å². The quantitative estimate of drug-likeness (QED) is 0.917. The SMILES string of the molecule is CCOC[C@@H]1CCCN(C(=O)NCc2cn3c(C)cccc3n2)C1. The number of aromatic nitrogens is 2.